The van der Waals surface area contributed by atoms with Crippen molar-refractivity contribution >= 4 is 15.5 Å². The van der Waals surface area contributed by atoms with Crippen molar-refractivity contribution in [3.8, 4) is 6.07 Å². The van der Waals surface area contributed by atoms with Gasteiger partial charge in [0.25, 0.3) is 0 Å². The summed E-state index contributed by atoms with van der Waals surface area (Å²) in [5, 5.41) is 8.68. The zero-order chi connectivity index (χ0) is 13.4. The van der Waals surface area contributed by atoms with Gasteiger partial charge in [0, 0.05) is 6.42 Å². The number of sulfone groups is 1. The van der Waals surface area contributed by atoms with E-state index in [2.05, 4.69) is 0 Å². The summed E-state index contributed by atoms with van der Waals surface area (Å²) < 4.78 is 37.3. The Kier molecular flexibility index (Phi) is 3.03. The van der Waals surface area contributed by atoms with Crippen molar-refractivity contribution in [1.29, 1.82) is 5.26 Å². The van der Waals surface area contributed by atoms with Gasteiger partial charge in [-0.25, -0.2) is 12.8 Å². The molecule has 0 saturated heterocycles. The number of nitriles is 1. The molecule has 0 atom stereocenters. The second-order valence-corrected chi connectivity index (χ2v) is 6.73. The number of anilines is 1. The molecular weight excluding hydrogens is 255 g/mol. The van der Waals surface area contributed by atoms with Crippen molar-refractivity contribution < 1.29 is 12.8 Å². The van der Waals surface area contributed by atoms with E-state index in [1.807, 2.05) is 6.07 Å². The third kappa shape index (κ3) is 2.46. The van der Waals surface area contributed by atoms with Crippen LogP contribution in [0.5, 0.6) is 0 Å². The van der Waals surface area contributed by atoms with Crippen molar-refractivity contribution in [3.05, 3.63) is 24.0 Å². The van der Waals surface area contributed by atoms with Crippen LogP contribution in [0.2, 0.25) is 0 Å². The molecule has 2 rings (SSSR count). The van der Waals surface area contributed by atoms with Crippen LogP contribution in [0.4, 0.5) is 10.1 Å². The lowest BCUT2D eigenvalue weighted by Gasteiger charge is -2.13. The van der Waals surface area contributed by atoms with Crippen LogP contribution in [0.1, 0.15) is 19.3 Å². The molecule has 1 aliphatic rings. The lowest BCUT2D eigenvalue weighted by atomic mass is 10.1. The van der Waals surface area contributed by atoms with Crippen molar-refractivity contribution in [2.24, 2.45) is 5.41 Å². The molecule has 0 aliphatic heterocycles. The summed E-state index contributed by atoms with van der Waals surface area (Å²) in [5.41, 5.74) is 5.03. The molecule has 0 amide bonds. The van der Waals surface area contributed by atoms with Crippen LogP contribution in [0.15, 0.2) is 23.1 Å². The molecule has 0 radical (unpaired) electrons. The van der Waals surface area contributed by atoms with Gasteiger partial charge in [-0.3, -0.25) is 0 Å². The third-order valence-corrected chi connectivity index (χ3v) is 5.25. The van der Waals surface area contributed by atoms with Crippen molar-refractivity contribution in [2.45, 2.75) is 24.2 Å². The van der Waals surface area contributed by atoms with E-state index in [1.165, 1.54) is 6.07 Å². The third-order valence-electron chi connectivity index (χ3n) is 3.21. The molecule has 0 bridgehead atoms. The Labute approximate surface area is 105 Å². The number of nitrogens with zero attached hydrogens (tertiary/aromatic N) is 1. The second-order valence-electron chi connectivity index (χ2n) is 4.78. The molecule has 1 aliphatic carbocycles. The molecule has 2 N–H and O–H groups in total. The average molecular weight is 268 g/mol. The molecule has 1 fully saturated rings. The van der Waals surface area contributed by atoms with Crippen LogP contribution in [0.25, 0.3) is 0 Å². The first-order valence-corrected chi connectivity index (χ1v) is 7.19. The number of hydrogen-bond donors (Lipinski definition) is 1. The Hall–Kier alpha value is -1.61. The summed E-state index contributed by atoms with van der Waals surface area (Å²) in [4.78, 5) is -0.0480. The lowest BCUT2D eigenvalue weighted by molar-refractivity contribution is 0.548. The summed E-state index contributed by atoms with van der Waals surface area (Å²) in [6.07, 6.45) is 1.70. The molecule has 0 spiro atoms. The highest BCUT2D eigenvalue weighted by Gasteiger charge is 2.46. The normalized spacial score (nSPS) is 17.1. The minimum absolute atomic E-state index is 0.0480. The fourth-order valence-corrected chi connectivity index (χ4v) is 4.05. The molecule has 18 heavy (non-hydrogen) atoms. The predicted molar refractivity (Wildman–Crippen MR) is 64.8 cm³/mol. The predicted octanol–water partition coefficient (Wildman–Crippen LogP) is 1.88. The van der Waals surface area contributed by atoms with Gasteiger partial charge in [-0.15, -0.1) is 0 Å². The Morgan fingerprint density at radius 3 is 2.61 bits per heavy atom. The molecular formula is C12H13FN2O2S. The Balaban J connectivity index is 2.29. The summed E-state index contributed by atoms with van der Waals surface area (Å²) in [7, 11) is -3.57. The molecule has 0 heterocycles. The van der Waals surface area contributed by atoms with Gasteiger partial charge in [0.2, 0.25) is 0 Å². The van der Waals surface area contributed by atoms with Crippen LogP contribution in [0, 0.1) is 22.6 Å². The van der Waals surface area contributed by atoms with Crippen LogP contribution in [0.3, 0.4) is 0 Å². The smallest absolute Gasteiger partial charge is 0.180 e. The van der Waals surface area contributed by atoms with E-state index < -0.39 is 21.1 Å². The lowest BCUT2D eigenvalue weighted by Crippen LogP contribution is -2.18. The van der Waals surface area contributed by atoms with Gasteiger partial charge in [0.1, 0.15) is 5.82 Å². The van der Waals surface area contributed by atoms with Crippen LogP contribution in [-0.2, 0) is 9.84 Å². The molecule has 0 aromatic heterocycles. The quantitative estimate of drug-likeness (QED) is 0.667. The van der Waals surface area contributed by atoms with Crippen molar-refractivity contribution in [3.63, 3.8) is 0 Å². The first-order chi connectivity index (χ1) is 8.38. The van der Waals surface area contributed by atoms with E-state index in [0.717, 1.165) is 25.0 Å². The minimum Gasteiger partial charge on any atom is -0.398 e. The number of rotatable bonds is 4. The number of nitrogens with two attached hydrogens (primary N) is 1. The van der Waals surface area contributed by atoms with Gasteiger partial charge >= 0.3 is 0 Å². The standard InChI is InChI=1S/C12H13FN2O2S/c13-9-1-2-11(10(15)7-9)18(16,17)8-12(3-4-12)5-6-14/h1-2,7H,3-5,8,15H2. The monoisotopic (exact) mass is 268 g/mol. The average Bonchev–Trinajstić information content (AvgIpc) is 2.96. The molecule has 4 nitrogen and oxygen atoms in total. The zero-order valence-electron chi connectivity index (χ0n) is 9.69. The Bertz CT molecular complexity index is 615. The van der Waals surface area contributed by atoms with E-state index in [-0.39, 0.29) is 22.8 Å². The molecule has 1 aromatic rings. The second kappa shape index (κ2) is 4.25. The van der Waals surface area contributed by atoms with Gasteiger partial charge < -0.3 is 5.73 Å². The highest BCUT2D eigenvalue weighted by molar-refractivity contribution is 7.91. The van der Waals surface area contributed by atoms with E-state index in [1.54, 1.807) is 0 Å². The highest BCUT2D eigenvalue weighted by atomic mass is 32.2. The zero-order valence-corrected chi connectivity index (χ0v) is 10.5. The largest absolute Gasteiger partial charge is 0.398 e. The fraction of sp³-hybridized carbons (Fsp3) is 0.417. The summed E-state index contributed by atoms with van der Waals surface area (Å²) in [5.74, 6) is -0.659. The summed E-state index contributed by atoms with van der Waals surface area (Å²) >= 11 is 0. The SMILES string of the molecule is N#CCC1(CS(=O)(=O)c2ccc(F)cc2N)CC1. The topological polar surface area (TPSA) is 84.0 Å². The number of nitrogen functional groups attached to an aromatic ring is 1. The number of hydrogen-bond acceptors (Lipinski definition) is 4. The van der Waals surface area contributed by atoms with Crippen molar-refractivity contribution in [1.82, 2.24) is 0 Å². The maximum absolute atomic E-state index is 12.9. The van der Waals surface area contributed by atoms with E-state index >= 15 is 0 Å². The molecule has 0 unspecified atom stereocenters. The van der Waals surface area contributed by atoms with Gasteiger partial charge in [0.15, 0.2) is 9.84 Å². The van der Waals surface area contributed by atoms with Crippen LogP contribution in [-0.4, -0.2) is 14.2 Å². The molecule has 96 valence electrons. The molecule has 6 heteroatoms. The van der Waals surface area contributed by atoms with Crippen LogP contribution >= 0.6 is 0 Å². The Morgan fingerprint density at radius 2 is 2.11 bits per heavy atom. The highest BCUT2D eigenvalue weighted by Crippen LogP contribution is 2.50. The minimum atomic E-state index is -3.57. The molecule has 1 saturated carbocycles. The number of halogens is 1. The van der Waals surface area contributed by atoms with E-state index in [0.29, 0.717) is 0 Å². The first-order valence-electron chi connectivity index (χ1n) is 5.53. The molecule has 1 aromatic carbocycles. The first kappa shape index (κ1) is 12.8. The van der Waals surface area contributed by atoms with E-state index in [4.69, 9.17) is 11.0 Å². The van der Waals surface area contributed by atoms with Gasteiger partial charge in [-0.2, -0.15) is 5.26 Å². The van der Waals surface area contributed by atoms with Crippen LogP contribution < -0.4 is 5.73 Å². The maximum Gasteiger partial charge on any atom is 0.180 e. The van der Waals surface area contributed by atoms with Gasteiger partial charge in [-0.1, -0.05) is 0 Å². The van der Waals surface area contributed by atoms with Crippen molar-refractivity contribution in [2.75, 3.05) is 11.5 Å². The van der Waals surface area contributed by atoms with Gasteiger partial charge in [-0.05, 0) is 36.5 Å². The number of benzene rings is 1. The summed E-state index contributed by atoms with van der Waals surface area (Å²) in [6, 6.07) is 5.27. The van der Waals surface area contributed by atoms with E-state index in [9.17, 15) is 12.8 Å². The van der Waals surface area contributed by atoms with Gasteiger partial charge in [0.05, 0.1) is 22.4 Å². The fourth-order valence-electron chi connectivity index (χ4n) is 2.00. The maximum atomic E-state index is 12.9. The Morgan fingerprint density at radius 1 is 1.44 bits per heavy atom. The summed E-state index contributed by atoms with van der Waals surface area (Å²) in [6.45, 7) is 0.